The van der Waals surface area contributed by atoms with Crippen LogP contribution in [0.5, 0.6) is 5.88 Å². The molecule has 31 heavy (non-hydrogen) atoms. The molecule has 4 aromatic rings. The van der Waals surface area contributed by atoms with Gasteiger partial charge >= 0.3 is 0 Å². The largest absolute Gasteiger partial charge is 0.473 e. The average Bonchev–Trinajstić information content (AvgIpc) is 3.03. The molecule has 0 saturated heterocycles. The Morgan fingerprint density at radius 2 is 1.87 bits per heavy atom. The third-order valence-corrected chi connectivity index (χ3v) is 5.67. The van der Waals surface area contributed by atoms with E-state index in [1.807, 2.05) is 57.2 Å². The number of ether oxygens (including phenoxy) is 1. The number of aryl methyl sites for hydroxylation is 3. The highest BCUT2D eigenvalue weighted by molar-refractivity contribution is 7.85. The standard InChI is InChI=1S/C24H24FN3O2S/c1-15-11-22-24(18-8-6-9-19(13-18)27-31(4)29)17(3)26-28(22)23(12-15)30-14-20-16(2)7-5-10-21(20)25/h5-13,27H,14H2,1-4H3. The summed E-state index contributed by atoms with van der Waals surface area (Å²) in [5.74, 6) is 0.273. The number of hydrogen-bond donors (Lipinski definition) is 1. The van der Waals surface area contributed by atoms with Crippen molar-refractivity contribution >= 4 is 22.2 Å². The molecule has 0 bridgehead atoms. The number of anilines is 1. The molecule has 7 heteroatoms. The van der Waals surface area contributed by atoms with E-state index in [2.05, 4.69) is 10.8 Å². The summed E-state index contributed by atoms with van der Waals surface area (Å²) >= 11 is 0. The molecule has 0 fully saturated rings. The predicted octanol–water partition coefficient (Wildman–Crippen LogP) is 5.35. The van der Waals surface area contributed by atoms with Gasteiger partial charge in [0.25, 0.3) is 0 Å². The summed E-state index contributed by atoms with van der Waals surface area (Å²) in [4.78, 5) is 0. The molecule has 0 aliphatic heterocycles. The topological polar surface area (TPSA) is 55.6 Å². The Morgan fingerprint density at radius 3 is 2.61 bits per heavy atom. The zero-order valence-corrected chi connectivity index (χ0v) is 18.7. The SMILES string of the molecule is Cc1cc(OCc2c(C)cccc2F)n2nc(C)c(-c3cccc(NS(C)=O)c3)c2c1. The lowest BCUT2D eigenvalue weighted by molar-refractivity contribution is 0.279. The van der Waals surface area contributed by atoms with Crippen molar-refractivity contribution in [1.82, 2.24) is 9.61 Å². The van der Waals surface area contributed by atoms with Crippen molar-refractivity contribution in [2.24, 2.45) is 0 Å². The second-order valence-corrected chi connectivity index (χ2v) is 8.70. The van der Waals surface area contributed by atoms with Crippen LogP contribution in [0.3, 0.4) is 0 Å². The van der Waals surface area contributed by atoms with Crippen LogP contribution < -0.4 is 9.46 Å². The van der Waals surface area contributed by atoms with Gasteiger partial charge in [-0.1, -0.05) is 24.3 Å². The number of fused-ring (bicyclic) bond motifs is 1. The van der Waals surface area contributed by atoms with Crippen LogP contribution in [-0.2, 0) is 17.6 Å². The van der Waals surface area contributed by atoms with Crippen LogP contribution in [0.1, 0.15) is 22.4 Å². The molecule has 160 valence electrons. The molecule has 0 amide bonds. The minimum atomic E-state index is -1.16. The maximum atomic E-state index is 14.2. The minimum Gasteiger partial charge on any atom is -0.473 e. The summed E-state index contributed by atoms with van der Waals surface area (Å²) in [6.07, 6.45) is 1.59. The molecule has 2 aromatic heterocycles. The summed E-state index contributed by atoms with van der Waals surface area (Å²) in [5.41, 5.74) is 6.84. The van der Waals surface area contributed by atoms with Gasteiger partial charge in [-0.05, 0) is 61.7 Å². The van der Waals surface area contributed by atoms with E-state index in [0.717, 1.165) is 39.2 Å². The second kappa shape index (κ2) is 8.51. The number of benzene rings is 2. The van der Waals surface area contributed by atoms with Gasteiger partial charge in [-0.25, -0.2) is 13.1 Å². The number of aromatic nitrogens is 2. The van der Waals surface area contributed by atoms with Crippen LogP contribution in [0, 0.1) is 26.6 Å². The van der Waals surface area contributed by atoms with Gasteiger partial charge in [0.1, 0.15) is 23.4 Å². The van der Waals surface area contributed by atoms with Gasteiger partial charge in [-0.3, -0.25) is 0 Å². The van der Waals surface area contributed by atoms with Crippen LogP contribution in [0.2, 0.25) is 0 Å². The highest BCUT2D eigenvalue weighted by Gasteiger charge is 2.16. The molecule has 1 atom stereocenters. The van der Waals surface area contributed by atoms with Crippen LogP contribution >= 0.6 is 0 Å². The molecule has 1 N–H and O–H groups in total. The maximum absolute atomic E-state index is 14.2. The molecule has 5 nitrogen and oxygen atoms in total. The Hall–Kier alpha value is -3.19. The van der Waals surface area contributed by atoms with Gasteiger partial charge in [0.05, 0.1) is 11.2 Å². The smallest absolute Gasteiger partial charge is 0.215 e. The van der Waals surface area contributed by atoms with Crippen molar-refractivity contribution in [3.63, 3.8) is 0 Å². The van der Waals surface area contributed by atoms with E-state index in [-0.39, 0.29) is 12.4 Å². The van der Waals surface area contributed by atoms with Gasteiger partial charge in [-0.15, -0.1) is 0 Å². The third-order valence-electron chi connectivity index (χ3n) is 5.15. The average molecular weight is 438 g/mol. The Morgan fingerprint density at radius 1 is 1.10 bits per heavy atom. The molecule has 1 unspecified atom stereocenters. The predicted molar refractivity (Wildman–Crippen MR) is 123 cm³/mol. The molecule has 0 aliphatic carbocycles. The first-order chi connectivity index (χ1) is 14.8. The zero-order valence-electron chi connectivity index (χ0n) is 17.9. The van der Waals surface area contributed by atoms with Crippen molar-refractivity contribution < 1.29 is 13.3 Å². The van der Waals surface area contributed by atoms with Crippen molar-refractivity contribution in [1.29, 1.82) is 0 Å². The number of nitrogens with one attached hydrogen (secondary N) is 1. The van der Waals surface area contributed by atoms with E-state index in [4.69, 9.17) is 9.84 Å². The van der Waals surface area contributed by atoms with Crippen LogP contribution in [0.25, 0.3) is 16.6 Å². The zero-order chi connectivity index (χ0) is 22.1. The Balaban J connectivity index is 1.76. The molecule has 4 rings (SSSR count). The fourth-order valence-corrected chi connectivity index (χ4v) is 4.18. The fourth-order valence-electron chi connectivity index (χ4n) is 3.72. The summed E-state index contributed by atoms with van der Waals surface area (Å²) in [5, 5.41) is 4.70. The molecule has 0 aliphatic rings. The molecule has 0 radical (unpaired) electrons. The normalized spacial score (nSPS) is 12.2. The van der Waals surface area contributed by atoms with E-state index in [1.165, 1.54) is 6.07 Å². The minimum absolute atomic E-state index is 0.118. The van der Waals surface area contributed by atoms with Gasteiger partial charge in [0.2, 0.25) is 5.88 Å². The number of pyridine rings is 1. The van der Waals surface area contributed by atoms with Crippen LogP contribution in [-0.4, -0.2) is 20.1 Å². The lowest BCUT2D eigenvalue weighted by Crippen LogP contribution is -2.05. The highest BCUT2D eigenvalue weighted by Crippen LogP contribution is 2.33. The third kappa shape index (κ3) is 4.32. The lowest BCUT2D eigenvalue weighted by atomic mass is 10.0. The molecule has 0 saturated carbocycles. The first-order valence-corrected chi connectivity index (χ1v) is 11.5. The fraction of sp³-hybridized carbons (Fsp3) is 0.208. The van der Waals surface area contributed by atoms with Crippen LogP contribution in [0.15, 0.2) is 54.6 Å². The molecule has 2 heterocycles. The first kappa shape index (κ1) is 21.1. The molecular formula is C24H24FN3O2S. The Bertz CT molecular complexity index is 1280. The van der Waals surface area contributed by atoms with Gasteiger partial charge in [0.15, 0.2) is 0 Å². The van der Waals surface area contributed by atoms with E-state index >= 15 is 0 Å². The number of hydrogen-bond acceptors (Lipinski definition) is 3. The summed E-state index contributed by atoms with van der Waals surface area (Å²) in [6.45, 7) is 5.92. The number of halogens is 1. The summed E-state index contributed by atoms with van der Waals surface area (Å²) in [6, 6.07) is 16.7. The maximum Gasteiger partial charge on any atom is 0.215 e. The monoisotopic (exact) mass is 437 g/mol. The Kier molecular flexibility index (Phi) is 5.78. The van der Waals surface area contributed by atoms with Crippen molar-refractivity contribution in [3.05, 3.63) is 82.8 Å². The van der Waals surface area contributed by atoms with E-state index in [0.29, 0.717) is 11.4 Å². The summed E-state index contributed by atoms with van der Waals surface area (Å²) < 4.78 is 36.5. The van der Waals surface area contributed by atoms with Gasteiger partial charge in [0, 0.05) is 29.1 Å². The highest BCUT2D eigenvalue weighted by atomic mass is 32.2. The first-order valence-electron chi connectivity index (χ1n) is 9.91. The molecular weight excluding hydrogens is 413 g/mol. The van der Waals surface area contributed by atoms with E-state index in [9.17, 15) is 8.60 Å². The van der Waals surface area contributed by atoms with Gasteiger partial charge < -0.3 is 9.46 Å². The number of rotatable bonds is 6. The Labute approximate surface area is 183 Å². The lowest BCUT2D eigenvalue weighted by Gasteiger charge is -2.12. The quantitative estimate of drug-likeness (QED) is 0.442. The molecule has 0 spiro atoms. The molecule has 2 aromatic carbocycles. The second-order valence-electron chi connectivity index (χ2n) is 7.59. The van der Waals surface area contributed by atoms with Crippen molar-refractivity contribution in [2.45, 2.75) is 27.4 Å². The summed E-state index contributed by atoms with van der Waals surface area (Å²) in [7, 11) is -1.16. The van der Waals surface area contributed by atoms with E-state index < -0.39 is 11.0 Å². The van der Waals surface area contributed by atoms with Gasteiger partial charge in [-0.2, -0.15) is 5.10 Å². The van der Waals surface area contributed by atoms with E-state index in [1.54, 1.807) is 16.8 Å². The van der Waals surface area contributed by atoms with Crippen LogP contribution in [0.4, 0.5) is 10.1 Å². The van der Waals surface area contributed by atoms with Crippen molar-refractivity contribution in [3.8, 4) is 17.0 Å². The number of nitrogens with zero attached hydrogens (tertiary/aromatic N) is 2. The van der Waals surface area contributed by atoms with Crippen molar-refractivity contribution in [2.75, 3.05) is 11.0 Å².